The Morgan fingerprint density at radius 1 is 0.655 bits per heavy atom. The lowest BCUT2D eigenvalue weighted by Gasteiger charge is -2.61. The van der Waals surface area contributed by atoms with Gasteiger partial charge in [-0.3, -0.25) is 29.1 Å². The van der Waals surface area contributed by atoms with Gasteiger partial charge in [-0.1, -0.05) is 6.92 Å². The predicted octanol–water partition coefficient (Wildman–Crippen LogP) is 6.82. The third-order valence-corrected chi connectivity index (χ3v) is 30.8. The first kappa shape index (κ1) is 104. The Morgan fingerprint density at radius 2 is 1.29 bits per heavy atom. The molecule has 6 atom stereocenters. The molecule has 0 unspecified atom stereocenters. The van der Waals surface area contributed by atoms with E-state index in [0.29, 0.717) is 151 Å². The van der Waals surface area contributed by atoms with Gasteiger partial charge in [0.25, 0.3) is 23.6 Å². The highest BCUT2D eigenvalue weighted by atomic mass is 32.2. The van der Waals surface area contributed by atoms with Crippen LogP contribution in [0.5, 0.6) is 29.8 Å². The van der Waals surface area contributed by atoms with E-state index in [0.717, 1.165) is 162 Å². The molecule has 4 amide bonds. The van der Waals surface area contributed by atoms with Gasteiger partial charge in [-0.15, -0.1) is 0 Å². The summed E-state index contributed by atoms with van der Waals surface area (Å²) in [5, 5.41) is 56.6. The molecular formula is C100H127N31O16S. The van der Waals surface area contributed by atoms with E-state index in [4.69, 9.17) is 55.6 Å². The summed E-state index contributed by atoms with van der Waals surface area (Å²) in [6, 6.07) is 21.4. The second-order valence-corrected chi connectivity index (χ2v) is 42.7. The number of Topliss-reactive ketones (excluding diaryl/α,β-unsaturated/α-hetero) is 1. The van der Waals surface area contributed by atoms with Gasteiger partial charge in [-0.2, -0.15) is 70.4 Å². The van der Waals surface area contributed by atoms with E-state index >= 15 is 0 Å². The number of piperidine rings is 4. The van der Waals surface area contributed by atoms with Gasteiger partial charge < -0.3 is 101 Å². The Kier molecular flexibility index (Phi) is 32.3. The number of methoxy groups -OCH3 is 1. The van der Waals surface area contributed by atoms with Crippen molar-refractivity contribution >= 4 is 96.7 Å². The van der Waals surface area contributed by atoms with Gasteiger partial charge in [-0.05, 0) is 213 Å². The van der Waals surface area contributed by atoms with Crippen molar-refractivity contribution in [1.82, 2.24) is 110 Å². The molecule has 0 radical (unpaired) electrons. The minimum absolute atomic E-state index is 0.00408. The molecule has 0 spiro atoms. The molecular weight excluding hydrogens is 1920 g/mol. The van der Waals surface area contributed by atoms with E-state index in [1.165, 1.54) is 16.1 Å². The Bertz CT molecular complexity index is 6590. The lowest BCUT2D eigenvalue weighted by Crippen LogP contribution is -2.68. The lowest BCUT2D eigenvalue weighted by atomic mass is 9.50. The summed E-state index contributed by atoms with van der Waals surface area (Å²) < 4.78 is 65.1. The largest absolute Gasteiger partial charge is 0.489 e. The standard InChI is InChI=1S/C26H34N8O5S.C25H29N9O3.C25H33N7O4.C24H31N7O4/c1-40(36,37)34-12-8-18(15-34)29-24(35)23-30-25(32-26(31-23)39-16-19-4-3-13-38-19)33-10-6-17(7-11-33)21-14-28-22-20(21)5-2-9-27-22;26-11-15-7-16(15)12-37-24-31-21(22(36)33-25-8-13(9-25)10-25)30-23(32-24)34-5-3-14(4-6-34)18-2-1-17(27)19(29-18)20(28)35;1-16(14-35-2)36-24-28-19(23(33)27-15-25(34)8-4-9-25)13-20(29-24)32-11-6-17(7-12-32)21-18-5-3-10-26-22(18)31-30-21;1-16(12-32)11-18(33)21-28-22(30-23(29-21)35-15-24(14-25)6-7-24)31-9-4-17(5-10-31)13-34-19-3-2-8-27-20(19)26/h2,5,9,14,17-19H,3-4,6-8,10-13,15-16H2,1H3,(H,27,28)(H,29,35);1-2,13-16H,3-10,12,27H2,(H2,28,35)(H,33,36);3,5,10,13,16-17,34H,4,6-9,11-12,14-15H2,1-2H3,(H,27,33)(H,26,30,31);2-3,8,16-17,32H,4-7,9-13,15H2,1H3,(H2,26,27)/t18-,19+;13?,15-,16+,25?;2*16-/m0010/s1. The van der Waals surface area contributed by atoms with Crippen LogP contribution in [0.25, 0.3) is 22.1 Å². The number of nitrogen functional groups attached to an aromatic ring is 2. The molecule has 10 aromatic rings. The summed E-state index contributed by atoms with van der Waals surface area (Å²) in [7, 11) is -1.71. The number of ether oxygens (including phenoxy) is 7. The van der Waals surface area contributed by atoms with Crippen molar-refractivity contribution in [3.05, 3.63) is 125 Å². The number of aromatic amines is 2. The van der Waals surface area contributed by atoms with Crippen LogP contribution in [0, 0.1) is 57.7 Å². The molecule has 148 heavy (non-hydrogen) atoms. The molecule has 48 heteroatoms. The smallest absolute Gasteiger partial charge is 0.322 e. The molecule has 12 aliphatic rings. The SMILES string of the molecule is COC[C@@H](C)Oc1nc(C(=O)NCC2(O)CCC2)cc(N2CCC(c3[nH]nc4ncccc34)CC2)n1.CS(=O)(=O)N1CC[C@H](NC(=O)c2nc(OC[C@H]3CCCO3)nc(N3CCC(c4c[nH]c5ncccc45)CC3)n2)C1.C[C@H](CO)CC(=O)c1nc(OCC2(C#N)CC2)nc(N2CCC(COc3cccnc3N)CC2)n1.N#C[C@@H]1C[C@@H]1COc1nc(C(=O)NC23CC(C2)C3)nc(N2CCC(c3ccc(N)c(C(N)=O)n3)CC2)n1. The van der Waals surface area contributed by atoms with Crippen molar-refractivity contribution in [1.29, 1.82) is 10.5 Å². The third-order valence-electron chi connectivity index (χ3n) is 29.5. The Labute approximate surface area is 855 Å². The second kappa shape index (κ2) is 46.1. The number of aromatic nitrogens is 18. The van der Waals surface area contributed by atoms with E-state index in [9.17, 15) is 47.9 Å². The molecule has 13 N–H and O–H groups in total. The van der Waals surface area contributed by atoms with Crippen LogP contribution in [0.4, 0.5) is 35.2 Å². The van der Waals surface area contributed by atoms with Gasteiger partial charge in [0.1, 0.15) is 36.5 Å². The molecule has 6 saturated heterocycles. The monoisotopic (exact) mass is 2050 g/mol. The average Bonchev–Trinajstić information content (AvgIpc) is 0.847. The number of H-pyrrole nitrogens is 2. The van der Waals surface area contributed by atoms with Crippen molar-refractivity contribution in [2.45, 2.75) is 196 Å². The molecule has 47 nitrogen and oxygen atoms in total. The van der Waals surface area contributed by atoms with E-state index < -0.39 is 32.9 Å². The summed E-state index contributed by atoms with van der Waals surface area (Å²) >= 11 is 0. The number of ketones is 1. The molecule has 0 aromatic carbocycles. The van der Waals surface area contributed by atoms with Gasteiger partial charge in [-0.25, -0.2) is 32.7 Å². The lowest BCUT2D eigenvalue weighted by molar-refractivity contribution is -0.0441. The number of nitriles is 2. The number of carbonyl (C=O) groups excluding carboxylic acids is 5. The van der Waals surface area contributed by atoms with Gasteiger partial charge in [0.15, 0.2) is 22.9 Å². The van der Waals surface area contributed by atoms with Crippen molar-refractivity contribution in [2.24, 2.45) is 40.7 Å². The first-order valence-electron chi connectivity index (χ1n) is 51.0. The van der Waals surface area contributed by atoms with Gasteiger partial charge in [0.2, 0.25) is 51.1 Å². The zero-order chi connectivity index (χ0) is 103. The maximum Gasteiger partial charge on any atom is 0.322 e. The maximum atomic E-state index is 13.2. The topological polar surface area (TPSA) is 640 Å². The number of nitrogens with one attached hydrogen (secondary N) is 5. The quantitative estimate of drug-likeness (QED) is 0.0180. The third kappa shape index (κ3) is 25.8. The molecule has 16 heterocycles. The van der Waals surface area contributed by atoms with E-state index in [2.05, 4.69) is 134 Å². The van der Waals surface area contributed by atoms with Crippen molar-refractivity contribution in [2.75, 3.05) is 163 Å². The summed E-state index contributed by atoms with van der Waals surface area (Å²) in [5.74, 6) is 2.58. The first-order chi connectivity index (χ1) is 71.5. The number of sulfonamides is 1. The predicted molar refractivity (Wildman–Crippen MR) is 538 cm³/mol. The number of hydrogen-bond donors (Lipinski definition) is 10. The van der Waals surface area contributed by atoms with Crippen LogP contribution in [-0.2, 0) is 19.5 Å². The number of rotatable bonds is 36. The van der Waals surface area contributed by atoms with Gasteiger partial charge in [0, 0.05) is 181 Å². The maximum absolute atomic E-state index is 13.2. The number of nitrogens with two attached hydrogens (primary N) is 3. The van der Waals surface area contributed by atoms with Crippen LogP contribution < -0.4 is 76.4 Å². The Morgan fingerprint density at radius 3 is 1.91 bits per heavy atom. The summed E-state index contributed by atoms with van der Waals surface area (Å²) in [4.78, 5) is 141. The number of aliphatic hydroxyl groups excluding tert-OH is 1. The van der Waals surface area contributed by atoms with Crippen LogP contribution in [-0.4, -0.2) is 303 Å². The highest BCUT2D eigenvalue weighted by Crippen LogP contribution is 2.57. The van der Waals surface area contributed by atoms with Crippen LogP contribution in [0.15, 0.2) is 79.4 Å². The van der Waals surface area contributed by atoms with E-state index in [1.54, 1.807) is 56.9 Å². The minimum atomic E-state index is -3.32. The van der Waals surface area contributed by atoms with Crippen molar-refractivity contribution in [3.8, 4) is 41.9 Å². The fourth-order valence-electron chi connectivity index (χ4n) is 20.0. The number of nitrogens with zero attached hydrogens (tertiary/aromatic N) is 23. The highest BCUT2D eigenvalue weighted by Gasteiger charge is 2.58. The number of amides is 4. The Hall–Kier alpha value is -14.2. The normalized spacial score (nSPS) is 21.9. The number of primary amides is 1. The van der Waals surface area contributed by atoms with Gasteiger partial charge in [0.05, 0.1) is 66.9 Å². The van der Waals surface area contributed by atoms with Crippen LogP contribution in [0.1, 0.15) is 236 Å². The number of pyridine rings is 4. The fourth-order valence-corrected chi connectivity index (χ4v) is 20.9. The second-order valence-electron chi connectivity index (χ2n) is 40.7. The molecule has 22 rings (SSSR count). The first-order valence-corrected chi connectivity index (χ1v) is 52.8. The molecule has 10 aromatic heterocycles. The number of aliphatic hydroxyl groups is 2. The molecule has 6 saturated carbocycles. The summed E-state index contributed by atoms with van der Waals surface area (Å²) in [5.41, 5.74) is 21.0. The zero-order valence-electron chi connectivity index (χ0n) is 83.5. The molecule has 784 valence electrons. The zero-order valence-corrected chi connectivity index (χ0v) is 84.3. The highest BCUT2D eigenvalue weighted by molar-refractivity contribution is 7.88. The van der Waals surface area contributed by atoms with E-state index in [-0.39, 0.29) is 156 Å². The minimum Gasteiger partial charge on any atom is -0.489 e. The molecule has 2 bridgehead atoms. The van der Waals surface area contributed by atoms with Crippen molar-refractivity contribution < 1.29 is 75.8 Å². The number of hydrogen-bond acceptors (Lipinski definition) is 40. The van der Waals surface area contributed by atoms with E-state index in [1.807, 2.05) is 47.2 Å². The number of fused-ring (bicyclic) bond motifs is 2. The number of carbonyl (C=O) groups is 5. The van der Waals surface area contributed by atoms with Crippen molar-refractivity contribution in [3.63, 3.8) is 0 Å². The number of anilines is 6. The van der Waals surface area contributed by atoms with Crippen LogP contribution in [0.2, 0.25) is 0 Å². The molecule has 6 aliphatic heterocycles. The fraction of sp³-hybridized carbons (Fsp3) is 0.570. The van der Waals surface area contributed by atoms with Crippen LogP contribution >= 0.6 is 0 Å². The average molecular weight is 2050 g/mol. The molecule has 12 fully saturated rings. The Balaban J connectivity index is 0.000000129. The van der Waals surface area contributed by atoms with Crippen LogP contribution in [0.3, 0.4) is 0 Å². The summed E-state index contributed by atoms with van der Waals surface area (Å²) in [6.45, 7) is 12.3. The summed E-state index contributed by atoms with van der Waals surface area (Å²) in [6.07, 6.45) is 25.2. The molecule has 6 aliphatic carbocycles. The van der Waals surface area contributed by atoms with Gasteiger partial charge >= 0.3 is 24.0 Å².